The highest BCUT2D eigenvalue weighted by Crippen LogP contribution is 2.66. The molecule has 1 unspecified atom stereocenters. The van der Waals surface area contributed by atoms with Gasteiger partial charge >= 0.3 is 0 Å². The molecular weight excluding hydrogens is 342 g/mol. The number of nitrogens with zero attached hydrogens (tertiary/aromatic N) is 1. The van der Waals surface area contributed by atoms with Crippen molar-refractivity contribution >= 4 is 5.78 Å². The zero-order valence-corrected chi connectivity index (χ0v) is 16.2. The number of likely N-dealkylation sites (tertiary alicyclic amines) is 1. The Labute approximate surface area is 159 Å². The van der Waals surface area contributed by atoms with E-state index in [1.165, 1.54) is 18.4 Å². The highest BCUT2D eigenvalue weighted by molar-refractivity contribution is 5.90. The second-order valence-corrected chi connectivity index (χ2v) is 9.79. The molecule has 1 aromatic rings. The van der Waals surface area contributed by atoms with Crippen molar-refractivity contribution in [3.05, 3.63) is 23.3 Å². The monoisotopic (exact) mass is 370 g/mol. The molecule has 6 rings (SSSR count). The number of benzene rings is 1. The van der Waals surface area contributed by atoms with E-state index >= 15 is 0 Å². The number of carbonyl (C=O) groups excluding carboxylic acids is 1. The van der Waals surface area contributed by atoms with Crippen LogP contribution in [0, 0.1) is 5.92 Å². The van der Waals surface area contributed by atoms with Crippen LogP contribution in [0.25, 0.3) is 0 Å². The number of carbonyl (C=O) groups is 1. The normalized spacial score (nSPS) is 43.9. The molecule has 0 radical (unpaired) electrons. The summed E-state index contributed by atoms with van der Waals surface area (Å²) in [7, 11) is 3.98. The topological polar surface area (TPSA) is 55.8 Å². The number of aliphatic hydroxyl groups is 1. The molecule has 27 heavy (non-hydrogen) atoms. The molecule has 2 saturated carbocycles. The van der Waals surface area contributed by atoms with Crippen LogP contribution in [-0.2, 0) is 16.6 Å². The summed E-state index contributed by atoms with van der Waals surface area (Å²) in [4.78, 5) is 12.9. The third kappa shape index (κ3) is 1.76. The second-order valence-electron chi connectivity index (χ2n) is 9.79. The van der Waals surface area contributed by atoms with Crippen LogP contribution in [-0.4, -0.2) is 60.4 Å². The molecule has 0 aromatic heterocycles. The first-order chi connectivity index (χ1) is 12.9. The van der Waals surface area contributed by atoms with Crippen molar-refractivity contribution in [3.63, 3.8) is 0 Å². The lowest BCUT2D eigenvalue weighted by Crippen LogP contribution is -2.80. The van der Waals surface area contributed by atoms with Gasteiger partial charge in [0.15, 0.2) is 23.4 Å². The second kappa shape index (κ2) is 4.87. The van der Waals surface area contributed by atoms with Crippen molar-refractivity contribution in [1.82, 2.24) is 0 Å². The van der Waals surface area contributed by atoms with Crippen molar-refractivity contribution in [2.75, 3.05) is 27.2 Å². The van der Waals surface area contributed by atoms with Gasteiger partial charge in [-0.3, -0.25) is 4.79 Å². The van der Waals surface area contributed by atoms with E-state index in [1.807, 2.05) is 6.07 Å². The molecule has 0 amide bonds. The molecule has 2 aliphatic heterocycles. The predicted octanol–water partition coefficient (Wildman–Crippen LogP) is 1.97. The molecule has 5 nitrogen and oxygen atoms in total. The standard InChI is InChI=1S/C22H28NO4/c1-23(12-13-3-4-13)10-9-21-18-14-5-6-16(26-2)19(18)27-20(21)15(24)7-8-22(21,25)17(23)11-14/h5-6,13,17,20,25H,3-4,7-12H2,1-2H3/q+1/t17-,20+,21+,22-,23?/m1/s1. The Morgan fingerprint density at radius 2 is 2.15 bits per heavy atom. The number of hydrogen-bond acceptors (Lipinski definition) is 4. The average Bonchev–Trinajstić information content (AvgIpc) is 3.37. The van der Waals surface area contributed by atoms with Crippen LogP contribution in [0.5, 0.6) is 11.5 Å². The Hall–Kier alpha value is -1.59. The fraction of sp³-hybridized carbons (Fsp3) is 0.682. The molecule has 3 aliphatic carbocycles. The molecule has 5 heteroatoms. The molecule has 2 bridgehead atoms. The summed E-state index contributed by atoms with van der Waals surface area (Å²) >= 11 is 0. The van der Waals surface area contributed by atoms with E-state index in [4.69, 9.17) is 9.47 Å². The number of ketones is 1. The van der Waals surface area contributed by atoms with Crippen molar-refractivity contribution < 1.29 is 23.9 Å². The van der Waals surface area contributed by atoms with Gasteiger partial charge in [0.1, 0.15) is 11.6 Å². The van der Waals surface area contributed by atoms with Crippen LogP contribution in [0.2, 0.25) is 0 Å². The van der Waals surface area contributed by atoms with Crippen LogP contribution in [0.1, 0.15) is 43.2 Å². The zero-order valence-electron chi connectivity index (χ0n) is 16.2. The van der Waals surface area contributed by atoms with E-state index in [0.29, 0.717) is 24.3 Å². The maximum absolute atomic E-state index is 12.9. The van der Waals surface area contributed by atoms with Crippen LogP contribution in [0.3, 0.4) is 0 Å². The van der Waals surface area contributed by atoms with E-state index in [2.05, 4.69) is 13.1 Å². The number of Topliss-reactive ketones (excluding diaryl/α,β-unsaturated/α-hetero) is 1. The number of ether oxygens (including phenoxy) is 2. The molecular formula is C22H28NO4+. The quantitative estimate of drug-likeness (QED) is 0.827. The third-order valence-corrected chi connectivity index (χ3v) is 8.48. The van der Waals surface area contributed by atoms with Gasteiger partial charge in [-0.05, 0) is 30.9 Å². The van der Waals surface area contributed by atoms with Gasteiger partial charge in [-0.25, -0.2) is 0 Å². The van der Waals surface area contributed by atoms with Gasteiger partial charge in [-0.1, -0.05) is 6.07 Å². The summed E-state index contributed by atoms with van der Waals surface area (Å²) < 4.78 is 12.8. The Morgan fingerprint density at radius 3 is 2.89 bits per heavy atom. The van der Waals surface area contributed by atoms with E-state index in [9.17, 15) is 9.90 Å². The van der Waals surface area contributed by atoms with E-state index in [0.717, 1.165) is 41.9 Å². The zero-order chi connectivity index (χ0) is 18.6. The van der Waals surface area contributed by atoms with E-state index in [-0.39, 0.29) is 11.8 Å². The maximum atomic E-state index is 12.9. The predicted molar refractivity (Wildman–Crippen MR) is 99.0 cm³/mol. The van der Waals surface area contributed by atoms with Gasteiger partial charge in [0, 0.05) is 30.7 Å². The minimum absolute atomic E-state index is 0.137. The Kier molecular flexibility index (Phi) is 2.95. The first-order valence-electron chi connectivity index (χ1n) is 10.4. The van der Waals surface area contributed by atoms with Gasteiger partial charge in [-0.2, -0.15) is 0 Å². The first kappa shape index (κ1) is 16.4. The highest BCUT2D eigenvalue weighted by Gasteiger charge is 2.76. The Balaban J connectivity index is 1.59. The van der Waals surface area contributed by atoms with Crippen LogP contribution < -0.4 is 9.47 Å². The number of hydrogen-bond donors (Lipinski definition) is 1. The molecule has 5 atom stereocenters. The van der Waals surface area contributed by atoms with Gasteiger partial charge in [0.2, 0.25) is 0 Å². The lowest BCUT2D eigenvalue weighted by molar-refractivity contribution is -0.950. The average molecular weight is 370 g/mol. The number of piperidine rings is 1. The van der Waals surface area contributed by atoms with Crippen molar-refractivity contribution in [3.8, 4) is 11.5 Å². The fourth-order valence-corrected chi connectivity index (χ4v) is 7.09. The number of rotatable bonds is 3. The fourth-order valence-electron chi connectivity index (χ4n) is 7.09. The lowest BCUT2D eigenvalue weighted by Gasteiger charge is -2.64. The van der Waals surface area contributed by atoms with Crippen molar-refractivity contribution in [1.29, 1.82) is 0 Å². The van der Waals surface area contributed by atoms with E-state index < -0.39 is 17.1 Å². The number of likely N-dealkylation sites (N-methyl/N-ethyl adjacent to an activating group) is 1. The lowest BCUT2D eigenvalue weighted by atomic mass is 9.48. The summed E-state index contributed by atoms with van der Waals surface area (Å²) in [6.45, 7) is 2.16. The third-order valence-electron chi connectivity index (χ3n) is 8.48. The molecule has 1 saturated heterocycles. The molecule has 2 heterocycles. The Bertz CT molecular complexity index is 864. The largest absolute Gasteiger partial charge is 0.493 e. The van der Waals surface area contributed by atoms with E-state index in [1.54, 1.807) is 7.11 Å². The van der Waals surface area contributed by atoms with Crippen LogP contribution in [0.4, 0.5) is 0 Å². The molecule has 1 spiro atoms. The minimum Gasteiger partial charge on any atom is -0.493 e. The number of quaternary nitrogens is 1. The minimum atomic E-state index is -0.877. The summed E-state index contributed by atoms with van der Waals surface area (Å²) in [5.41, 5.74) is 0.859. The van der Waals surface area contributed by atoms with Crippen molar-refractivity contribution in [2.24, 2.45) is 5.92 Å². The van der Waals surface area contributed by atoms with Gasteiger partial charge in [-0.15, -0.1) is 0 Å². The SMILES string of the molecule is COc1ccc2c3c1O[C@H]1C(=O)CC[C@@]4(O)[C@@H](C2)[N+](C)(CC2CC2)CC[C@]314. The number of methoxy groups -OCH3 is 1. The Morgan fingerprint density at radius 1 is 1.33 bits per heavy atom. The summed E-state index contributed by atoms with van der Waals surface area (Å²) in [5.74, 6) is 2.35. The smallest absolute Gasteiger partial charge is 0.174 e. The summed E-state index contributed by atoms with van der Waals surface area (Å²) in [6, 6.07) is 4.25. The molecule has 3 fully saturated rings. The van der Waals surface area contributed by atoms with Crippen LogP contribution >= 0.6 is 0 Å². The van der Waals surface area contributed by atoms with Gasteiger partial charge < -0.3 is 19.1 Å². The summed E-state index contributed by atoms with van der Waals surface area (Å²) in [5, 5.41) is 12.3. The summed E-state index contributed by atoms with van der Waals surface area (Å²) in [6.07, 6.45) is 4.74. The maximum Gasteiger partial charge on any atom is 0.174 e. The van der Waals surface area contributed by atoms with Gasteiger partial charge in [0.25, 0.3) is 0 Å². The first-order valence-corrected chi connectivity index (χ1v) is 10.4. The molecule has 1 N–H and O–H groups in total. The van der Waals surface area contributed by atoms with Crippen LogP contribution in [0.15, 0.2) is 12.1 Å². The highest BCUT2D eigenvalue weighted by atomic mass is 16.5. The molecule has 5 aliphatic rings. The molecule has 1 aromatic carbocycles. The van der Waals surface area contributed by atoms with Crippen molar-refractivity contribution in [2.45, 2.75) is 61.7 Å². The van der Waals surface area contributed by atoms with Gasteiger partial charge in [0.05, 0.1) is 32.7 Å². The molecule has 144 valence electrons.